The fourth-order valence-electron chi connectivity index (χ4n) is 7.27. The van der Waals surface area contributed by atoms with E-state index in [0.29, 0.717) is 5.56 Å². The molecule has 1 heterocycles. The maximum absolute atomic E-state index is 13.3. The second kappa shape index (κ2) is 8.58. The Balaban J connectivity index is 1.06. The minimum absolute atomic E-state index is 0.150. The average molecular weight is 491 g/mol. The first kappa shape index (κ1) is 22.3. The van der Waals surface area contributed by atoms with Crippen molar-refractivity contribution in [2.24, 2.45) is 23.2 Å². The number of rotatable bonds is 5. The van der Waals surface area contributed by atoms with Gasteiger partial charge >= 0.3 is 0 Å². The third kappa shape index (κ3) is 3.91. The summed E-state index contributed by atoms with van der Waals surface area (Å²) in [5.74, 6) is 3.08. The number of hydrogen-bond donors (Lipinski definition) is 3. The van der Waals surface area contributed by atoms with Crippen LogP contribution in [-0.2, 0) is 4.79 Å². The van der Waals surface area contributed by atoms with E-state index in [9.17, 15) is 9.59 Å². The molecule has 0 saturated heterocycles. The molecule has 3 saturated carbocycles. The van der Waals surface area contributed by atoms with Gasteiger partial charge in [-0.15, -0.1) is 0 Å². The second-order valence-corrected chi connectivity index (χ2v) is 11.2. The van der Waals surface area contributed by atoms with Crippen LogP contribution >= 0.6 is 0 Å². The van der Waals surface area contributed by atoms with Crippen molar-refractivity contribution < 1.29 is 9.59 Å². The van der Waals surface area contributed by atoms with Crippen molar-refractivity contribution in [2.45, 2.75) is 38.5 Å². The van der Waals surface area contributed by atoms with Gasteiger partial charge in [0.15, 0.2) is 0 Å². The molecule has 3 aliphatic carbocycles. The largest absolute Gasteiger partial charge is 0.338 e. The predicted octanol–water partition coefficient (Wildman–Crippen LogP) is 6.64. The third-order valence-electron chi connectivity index (χ3n) is 8.97. The Morgan fingerprint density at radius 3 is 2.30 bits per heavy atom. The topological polar surface area (TPSA) is 86.9 Å². The molecule has 0 radical (unpaired) electrons. The lowest BCUT2D eigenvalue weighted by Gasteiger charge is -2.37. The van der Waals surface area contributed by atoms with Gasteiger partial charge in [-0.05, 0) is 91.6 Å². The lowest BCUT2D eigenvalue weighted by atomic mass is 9.68. The summed E-state index contributed by atoms with van der Waals surface area (Å²) in [4.78, 5) is 34.1. The molecule has 3 fully saturated rings. The van der Waals surface area contributed by atoms with Crippen LogP contribution in [-0.4, -0.2) is 21.8 Å². The Labute approximate surface area is 215 Å². The molecule has 2 amide bonds. The van der Waals surface area contributed by atoms with E-state index in [0.717, 1.165) is 70.8 Å². The van der Waals surface area contributed by atoms with E-state index < -0.39 is 0 Å². The van der Waals surface area contributed by atoms with Gasteiger partial charge < -0.3 is 15.6 Å². The molecule has 6 heteroatoms. The molecule has 3 aromatic carbocycles. The number of aromatic amines is 1. The zero-order chi connectivity index (χ0) is 25.0. The van der Waals surface area contributed by atoms with Gasteiger partial charge in [0, 0.05) is 22.5 Å². The standard InChI is InChI=1S/C31H30N4O2/c36-29(32-23-7-2-1-3-8-23)20-11-14-26-27(15-20)35-28(34-26)19-9-12-24(13-10-19)33-30(37)31-16-21-5-4-6-22(17-31)25(21)18-31/h1-3,7-15,21-22,25H,4-6,16-18H2,(H,32,36)(H,33,37)(H,34,35)/t21-,22+,25?,31?. The van der Waals surface area contributed by atoms with E-state index in [1.807, 2.05) is 66.7 Å². The molecule has 2 unspecified atom stereocenters. The highest BCUT2D eigenvalue weighted by atomic mass is 16.2. The van der Waals surface area contributed by atoms with E-state index >= 15 is 0 Å². The lowest BCUT2D eigenvalue weighted by molar-refractivity contribution is -0.126. The summed E-state index contributed by atoms with van der Waals surface area (Å²) in [7, 11) is 0. The number of carbonyl (C=O) groups excluding carboxylic acids is 2. The van der Waals surface area contributed by atoms with Gasteiger partial charge in [-0.25, -0.2) is 4.98 Å². The molecule has 3 aliphatic rings. The molecular weight excluding hydrogens is 460 g/mol. The predicted molar refractivity (Wildman–Crippen MR) is 145 cm³/mol. The number of nitrogens with zero attached hydrogens (tertiary/aromatic N) is 1. The highest BCUT2D eigenvalue weighted by Crippen LogP contribution is 2.64. The number of aromatic nitrogens is 2. The summed E-state index contributed by atoms with van der Waals surface area (Å²) in [6.45, 7) is 0. The van der Waals surface area contributed by atoms with E-state index in [1.165, 1.54) is 19.3 Å². The molecule has 37 heavy (non-hydrogen) atoms. The maximum atomic E-state index is 13.3. The maximum Gasteiger partial charge on any atom is 0.255 e. The van der Waals surface area contributed by atoms with Crippen LogP contribution in [0.1, 0.15) is 48.9 Å². The van der Waals surface area contributed by atoms with Gasteiger partial charge in [-0.3, -0.25) is 9.59 Å². The average Bonchev–Trinajstić information content (AvgIpc) is 3.62. The van der Waals surface area contributed by atoms with Crippen LogP contribution < -0.4 is 10.6 Å². The van der Waals surface area contributed by atoms with Crippen molar-refractivity contribution >= 4 is 34.2 Å². The van der Waals surface area contributed by atoms with Crippen molar-refractivity contribution in [1.82, 2.24) is 9.97 Å². The molecule has 1 aromatic heterocycles. The van der Waals surface area contributed by atoms with Crippen LogP contribution in [0, 0.1) is 23.2 Å². The summed E-state index contributed by atoms with van der Waals surface area (Å²) in [6.07, 6.45) is 7.18. The number of amides is 2. The summed E-state index contributed by atoms with van der Waals surface area (Å²) >= 11 is 0. The molecule has 186 valence electrons. The monoisotopic (exact) mass is 490 g/mol. The minimum Gasteiger partial charge on any atom is -0.338 e. The fraction of sp³-hybridized carbons (Fsp3) is 0.323. The molecule has 0 spiro atoms. The van der Waals surface area contributed by atoms with Crippen molar-refractivity contribution in [3.05, 3.63) is 78.4 Å². The van der Waals surface area contributed by atoms with E-state index in [1.54, 1.807) is 6.07 Å². The van der Waals surface area contributed by atoms with Crippen molar-refractivity contribution in [3.63, 3.8) is 0 Å². The van der Waals surface area contributed by atoms with Gasteiger partial charge in [0.2, 0.25) is 5.91 Å². The van der Waals surface area contributed by atoms with Gasteiger partial charge in [0.05, 0.1) is 16.4 Å². The number of hydrogen-bond acceptors (Lipinski definition) is 3. The molecule has 4 atom stereocenters. The van der Waals surface area contributed by atoms with Crippen molar-refractivity contribution in [1.29, 1.82) is 0 Å². The van der Waals surface area contributed by atoms with Gasteiger partial charge in [0.1, 0.15) is 5.82 Å². The Kier molecular flexibility index (Phi) is 5.17. The van der Waals surface area contributed by atoms with Gasteiger partial charge in [-0.2, -0.15) is 0 Å². The first-order valence-corrected chi connectivity index (χ1v) is 13.3. The lowest BCUT2D eigenvalue weighted by Crippen LogP contribution is -2.36. The zero-order valence-electron chi connectivity index (χ0n) is 20.7. The molecule has 4 aromatic rings. The zero-order valence-corrected chi connectivity index (χ0v) is 20.7. The fourth-order valence-corrected chi connectivity index (χ4v) is 7.27. The molecular formula is C31H30N4O2. The smallest absolute Gasteiger partial charge is 0.255 e. The SMILES string of the molecule is O=C(Nc1ccccc1)c1ccc2nc(-c3ccc(NC(=O)C45CC6[C@H](CCC[C@H]6C4)C5)cc3)[nH]c2c1. The molecule has 2 bridgehead atoms. The normalized spacial score (nSPS) is 25.8. The number of benzene rings is 3. The first-order chi connectivity index (χ1) is 18.1. The quantitative estimate of drug-likeness (QED) is 0.293. The Bertz CT molecular complexity index is 1470. The van der Waals surface area contributed by atoms with Crippen molar-refractivity contribution in [3.8, 4) is 11.4 Å². The summed E-state index contributed by atoms with van der Waals surface area (Å²) in [6, 6.07) is 22.8. The molecule has 6 nitrogen and oxygen atoms in total. The van der Waals surface area contributed by atoms with E-state index in [4.69, 9.17) is 4.98 Å². The Hall–Kier alpha value is -3.93. The van der Waals surface area contributed by atoms with Gasteiger partial charge in [-0.1, -0.05) is 37.5 Å². The van der Waals surface area contributed by atoms with Crippen LogP contribution in [0.2, 0.25) is 0 Å². The molecule has 3 N–H and O–H groups in total. The van der Waals surface area contributed by atoms with Crippen LogP contribution in [0.3, 0.4) is 0 Å². The highest BCUT2D eigenvalue weighted by molar-refractivity contribution is 6.06. The second-order valence-electron chi connectivity index (χ2n) is 11.2. The first-order valence-electron chi connectivity index (χ1n) is 13.3. The van der Waals surface area contributed by atoms with E-state index in [-0.39, 0.29) is 17.2 Å². The number of para-hydroxylation sites is 1. The van der Waals surface area contributed by atoms with Crippen LogP contribution in [0.4, 0.5) is 11.4 Å². The number of fused-ring (bicyclic) bond motifs is 2. The number of imidazole rings is 1. The molecule has 0 aliphatic heterocycles. The number of H-pyrrole nitrogens is 1. The van der Waals surface area contributed by atoms with Crippen LogP contribution in [0.15, 0.2) is 72.8 Å². The summed E-state index contributed by atoms with van der Waals surface area (Å²) in [5.41, 5.74) is 4.53. The summed E-state index contributed by atoms with van der Waals surface area (Å²) in [5, 5.41) is 6.14. The third-order valence-corrected chi connectivity index (χ3v) is 8.97. The summed E-state index contributed by atoms with van der Waals surface area (Å²) < 4.78 is 0. The highest BCUT2D eigenvalue weighted by Gasteiger charge is 2.59. The Morgan fingerprint density at radius 1 is 0.838 bits per heavy atom. The number of anilines is 2. The van der Waals surface area contributed by atoms with Crippen LogP contribution in [0.25, 0.3) is 22.4 Å². The van der Waals surface area contributed by atoms with Crippen LogP contribution in [0.5, 0.6) is 0 Å². The number of carbonyl (C=O) groups is 2. The number of nitrogens with one attached hydrogen (secondary N) is 3. The van der Waals surface area contributed by atoms with Gasteiger partial charge in [0.25, 0.3) is 5.91 Å². The minimum atomic E-state index is -0.164. The van der Waals surface area contributed by atoms with E-state index in [2.05, 4.69) is 15.6 Å². The molecule has 7 rings (SSSR count). The van der Waals surface area contributed by atoms with Crippen molar-refractivity contribution in [2.75, 3.05) is 10.6 Å². The Morgan fingerprint density at radius 2 is 1.57 bits per heavy atom.